The minimum absolute atomic E-state index is 0.169. The van der Waals surface area contributed by atoms with Gasteiger partial charge in [0.25, 0.3) is 11.8 Å². The molecule has 1 aliphatic heterocycles. The Balaban J connectivity index is 2.17. The summed E-state index contributed by atoms with van der Waals surface area (Å²) in [4.78, 5) is 27.1. The Morgan fingerprint density at radius 3 is 2.25 bits per heavy atom. The molecule has 2 aromatic carbocycles. The number of hydrogen-bond donors (Lipinski definition) is 1. The van der Waals surface area contributed by atoms with E-state index in [1.807, 2.05) is 0 Å². The number of nitrogens with zero attached hydrogens (tertiary/aromatic N) is 1. The second kappa shape index (κ2) is 8.04. The number of benzene rings is 2. The van der Waals surface area contributed by atoms with Gasteiger partial charge in [0.05, 0.1) is 32.6 Å². The number of rotatable bonds is 7. The van der Waals surface area contributed by atoms with Crippen LogP contribution in [0.5, 0.6) is 17.2 Å². The molecule has 1 heterocycles. The summed E-state index contributed by atoms with van der Waals surface area (Å²) in [5.74, 6) is 0.836. The number of methoxy groups -OCH3 is 3. The molecule has 1 N–H and O–H groups in total. The van der Waals surface area contributed by atoms with Gasteiger partial charge in [0.15, 0.2) is 0 Å². The van der Waals surface area contributed by atoms with E-state index in [1.54, 1.807) is 56.5 Å². The summed E-state index contributed by atoms with van der Waals surface area (Å²) in [6.45, 7) is 2.02. The molecular weight excluding hydrogens is 360 g/mol. The number of nitrogens with one attached hydrogen (secondary N) is 1. The maximum atomic E-state index is 13.0. The number of anilines is 1. The highest BCUT2D eigenvalue weighted by Gasteiger charge is 2.39. The average molecular weight is 382 g/mol. The minimum Gasteiger partial charge on any atom is -0.497 e. The molecule has 0 unspecified atom stereocenters. The third-order valence-corrected chi connectivity index (χ3v) is 4.53. The van der Waals surface area contributed by atoms with Crippen molar-refractivity contribution < 1.29 is 23.8 Å². The van der Waals surface area contributed by atoms with E-state index >= 15 is 0 Å². The van der Waals surface area contributed by atoms with E-state index in [0.29, 0.717) is 28.5 Å². The first-order valence-corrected chi connectivity index (χ1v) is 8.78. The van der Waals surface area contributed by atoms with Crippen LogP contribution in [-0.2, 0) is 9.59 Å². The third kappa shape index (κ3) is 3.26. The lowest BCUT2D eigenvalue weighted by Gasteiger charge is -2.14. The highest BCUT2D eigenvalue weighted by atomic mass is 16.5. The number of likely N-dealkylation sites (N-methyl/N-ethyl adjacent to an activating group) is 1. The fourth-order valence-electron chi connectivity index (χ4n) is 3.13. The third-order valence-electron chi connectivity index (χ3n) is 4.53. The van der Waals surface area contributed by atoms with Crippen molar-refractivity contribution >= 4 is 23.1 Å². The zero-order valence-electron chi connectivity index (χ0n) is 16.2. The van der Waals surface area contributed by atoms with Crippen molar-refractivity contribution in [2.45, 2.75) is 6.92 Å². The van der Waals surface area contributed by atoms with E-state index in [4.69, 9.17) is 14.2 Å². The predicted octanol–water partition coefficient (Wildman–Crippen LogP) is 2.92. The fraction of sp³-hybridized carbons (Fsp3) is 0.238. The van der Waals surface area contributed by atoms with Gasteiger partial charge in [-0.25, -0.2) is 0 Å². The average Bonchev–Trinajstić information content (AvgIpc) is 2.96. The Bertz CT molecular complexity index is 952. The molecule has 7 nitrogen and oxygen atoms in total. The lowest BCUT2D eigenvalue weighted by molar-refractivity contribution is -0.136. The summed E-state index contributed by atoms with van der Waals surface area (Å²) in [6.07, 6.45) is 0. The Morgan fingerprint density at radius 2 is 1.61 bits per heavy atom. The SMILES string of the molecule is CCN1C(=O)C(Nc2cc(OC)ccc2OC)=C(c2ccccc2OC)C1=O. The van der Waals surface area contributed by atoms with Gasteiger partial charge in [0.2, 0.25) is 0 Å². The number of imide groups is 1. The predicted molar refractivity (Wildman–Crippen MR) is 105 cm³/mol. The molecule has 1 aliphatic rings. The normalized spacial score (nSPS) is 13.8. The van der Waals surface area contributed by atoms with Gasteiger partial charge in [-0.3, -0.25) is 14.5 Å². The van der Waals surface area contributed by atoms with Gasteiger partial charge in [0, 0.05) is 18.2 Å². The van der Waals surface area contributed by atoms with E-state index in [2.05, 4.69) is 5.32 Å². The molecule has 0 spiro atoms. The lowest BCUT2D eigenvalue weighted by Crippen LogP contribution is -2.32. The van der Waals surface area contributed by atoms with Crippen LogP contribution in [-0.4, -0.2) is 44.6 Å². The van der Waals surface area contributed by atoms with E-state index in [9.17, 15) is 9.59 Å². The van der Waals surface area contributed by atoms with E-state index in [1.165, 1.54) is 19.1 Å². The second-order valence-electron chi connectivity index (χ2n) is 6.00. The van der Waals surface area contributed by atoms with Crippen LogP contribution < -0.4 is 19.5 Å². The number of amides is 2. The zero-order valence-corrected chi connectivity index (χ0v) is 16.2. The van der Waals surface area contributed by atoms with Crippen LogP contribution in [0.2, 0.25) is 0 Å². The largest absolute Gasteiger partial charge is 0.497 e. The van der Waals surface area contributed by atoms with Crippen molar-refractivity contribution in [1.29, 1.82) is 0 Å². The highest BCUT2D eigenvalue weighted by Crippen LogP contribution is 2.37. The molecule has 0 aliphatic carbocycles. The molecular formula is C21H22N2O5. The van der Waals surface area contributed by atoms with Gasteiger partial charge in [-0.15, -0.1) is 0 Å². The summed E-state index contributed by atoms with van der Waals surface area (Å²) < 4.78 is 16.0. The molecule has 0 aromatic heterocycles. The molecule has 2 amide bonds. The number of para-hydroxylation sites is 1. The number of hydrogen-bond acceptors (Lipinski definition) is 6. The van der Waals surface area contributed by atoms with Crippen LogP contribution in [0.4, 0.5) is 5.69 Å². The molecule has 0 fully saturated rings. The van der Waals surface area contributed by atoms with Crippen molar-refractivity contribution in [2.75, 3.05) is 33.2 Å². The van der Waals surface area contributed by atoms with Crippen LogP contribution >= 0.6 is 0 Å². The summed E-state index contributed by atoms with van der Waals surface area (Å²) >= 11 is 0. The summed E-state index contributed by atoms with van der Waals surface area (Å²) in [5.41, 5.74) is 1.49. The number of carbonyl (C=O) groups is 2. The Hall–Kier alpha value is -3.48. The first-order valence-electron chi connectivity index (χ1n) is 8.78. The van der Waals surface area contributed by atoms with Crippen LogP contribution in [0, 0.1) is 0 Å². The van der Waals surface area contributed by atoms with Crippen LogP contribution in [0.3, 0.4) is 0 Å². The maximum absolute atomic E-state index is 13.0. The quantitative estimate of drug-likeness (QED) is 0.742. The molecule has 0 bridgehead atoms. The first-order chi connectivity index (χ1) is 13.5. The molecule has 0 atom stereocenters. The van der Waals surface area contributed by atoms with Crippen LogP contribution in [0.15, 0.2) is 48.2 Å². The van der Waals surface area contributed by atoms with Crippen molar-refractivity contribution in [3.63, 3.8) is 0 Å². The number of ether oxygens (including phenoxy) is 3. The lowest BCUT2D eigenvalue weighted by atomic mass is 10.0. The second-order valence-corrected chi connectivity index (χ2v) is 6.00. The highest BCUT2D eigenvalue weighted by molar-refractivity contribution is 6.37. The molecule has 7 heteroatoms. The molecule has 2 aromatic rings. The van der Waals surface area contributed by atoms with Gasteiger partial charge in [-0.1, -0.05) is 18.2 Å². The van der Waals surface area contributed by atoms with Gasteiger partial charge < -0.3 is 19.5 Å². The smallest absolute Gasteiger partial charge is 0.278 e. The monoisotopic (exact) mass is 382 g/mol. The summed E-state index contributed by atoms with van der Waals surface area (Å²) in [6, 6.07) is 12.3. The standard InChI is InChI=1S/C21H22N2O5/c1-5-23-20(24)18(14-8-6-7-9-16(14)27-3)19(21(23)25)22-15-12-13(26-2)10-11-17(15)28-4/h6-12,22H,5H2,1-4H3. The van der Waals surface area contributed by atoms with Crippen molar-refractivity contribution in [2.24, 2.45) is 0 Å². The molecule has 28 heavy (non-hydrogen) atoms. The van der Waals surface area contributed by atoms with Crippen LogP contribution in [0.1, 0.15) is 12.5 Å². The van der Waals surface area contributed by atoms with Crippen LogP contribution in [0.25, 0.3) is 5.57 Å². The van der Waals surface area contributed by atoms with Crippen molar-refractivity contribution in [3.05, 3.63) is 53.7 Å². The molecule has 0 saturated heterocycles. The van der Waals surface area contributed by atoms with Gasteiger partial charge in [-0.05, 0) is 25.1 Å². The zero-order chi connectivity index (χ0) is 20.3. The van der Waals surface area contributed by atoms with Crippen molar-refractivity contribution in [3.8, 4) is 17.2 Å². The van der Waals surface area contributed by atoms with Gasteiger partial charge >= 0.3 is 0 Å². The van der Waals surface area contributed by atoms with E-state index in [0.717, 1.165) is 0 Å². The fourth-order valence-corrected chi connectivity index (χ4v) is 3.13. The van der Waals surface area contributed by atoms with E-state index < -0.39 is 5.91 Å². The Morgan fingerprint density at radius 1 is 0.893 bits per heavy atom. The molecule has 0 radical (unpaired) electrons. The molecule has 0 saturated carbocycles. The van der Waals surface area contributed by atoms with E-state index in [-0.39, 0.29) is 23.7 Å². The van der Waals surface area contributed by atoms with Gasteiger partial charge in [-0.2, -0.15) is 0 Å². The first kappa shape index (κ1) is 19.3. The maximum Gasteiger partial charge on any atom is 0.278 e. The summed E-state index contributed by atoms with van der Waals surface area (Å²) in [5, 5.41) is 3.09. The Kier molecular flexibility index (Phi) is 5.54. The van der Waals surface area contributed by atoms with Gasteiger partial charge in [0.1, 0.15) is 22.9 Å². The molecule has 146 valence electrons. The molecule has 3 rings (SSSR count). The number of carbonyl (C=O) groups excluding carboxylic acids is 2. The topological polar surface area (TPSA) is 77.1 Å². The van der Waals surface area contributed by atoms with Crippen molar-refractivity contribution in [1.82, 2.24) is 4.90 Å². The minimum atomic E-state index is -0.404. The summed E-state index contributed by atoms with van der Waals surface area (Å²) in [7, 11) is 4.60. The Labute approximate surface area is 163 Å².